The molecule has 0 aromatic heterocycles. The third-order valence-electron chi connectivity index (χ3n) is 12.5. The number of rotatable bonds is 52. The maximum absolute atomic E-state index is 12.8. The van der Waals surface area contributed by atoms with Gasteiger partial charge in [0.15, 0.2) is 6.10 Å². The van der Waals surface area contributed by atoms with Crippen LogP contribution in [-0.2, 0) is 28.6 Å². The average Bonchev–Trinajstić information content (AvgIpc) is 3.31. The molecule has 0 heterocycles. The summed E-state index contributed by atoms with van der Waals surface area (Å²) >= 11 is 0. The molecule has 66 heavy (non-hydrogen) atoms. The maximum atomic E-state index is 12.8. The van der Waals surface area contributed by atoms with Crippen LogP contribution in [0.25, 0.3) is 0 Å². The molecule has 0 fully saturated rings. The van der Waals surface area contributed by atoms with Crippen molar-refractivity contribution in [2.24, 2.45) is 0 Å². The minimum absolute atomic E-state index is 0.0800. The van der Waals surface area contributed by atoms with E-state index in [1.807, 2.05) is 0 Å². The minimum atomic E-state index is -0.781. The predicted octanol–water partition coefficient (Wildman–Crippen LogP) is 19.0. The van der Waals surface area contributed by atoms with Crippen molar-refractivity contribution in [3.8, 4) is 0 Å². The first-order valence-electron chi connectivity index (χ1n) is 28.6. The molecule has 1 unspecified atom stereocenters. The summed E-state index contributed by atoms with van der Waals surface area (Å²) in [4.78, 5) is 38.1. The zero-order valence-corrected chi connectivity index (χ0v) is 44.0. The van der Waals surface area contributed by atoms with E-state index in [1.165, 1.54) is 173 Å². The minimum Gasteiger partial charge on any atom is -0.462 e. The van der Waals surface area contributed by atoms with Crippen LogP contribution in [0.5, 0.6) is 0 Å². The van der Waals surface area contributed by atoms with E-state index in [2.05, 4.69) is 69.4 Å². The summed E-state index contributed by atoms with van der Waals surface area (Å²) in [6.07, 6.45) is 66.7. The quantitative estimate of drug-likeness (QED) is 0.0262. The van der Waals surface area contributed by atoms with E-state index >= 15 is 0 Å². The van der Waals surface area contributed by atoms with Gasteiger partial charge in [0.25, 0.3) is 0 Å². The number of carbonyl (C=O) groups excluding carboxylic acids is 3. The normalized spacial score (nSPS) is 12.3. The number of esters is 3. The van der Waals surface area contributed by atoms with Gasteiger partial charge in [-0.2, -0.15) is 0 Å². The van der Waals surface area contributed by atoms with Gasteiger partial charge in [0, 0.05) is 19.3 Å². The van der Waals surface area contributed by atoms with E-state index in [9.17, 15) is 14.4 Å². The number of hydrogen-bond donors (Lipinski definition) is 0. The van der Waals surface area contributed by atoms with Gasteiger partial charge < -0.3 is 14.2 Å². The van der Waals surface area contributed by atoms with Gasteiger partial charge in [-0.15, -0.1) is 0 Å². The lowest BCUT2D eigenvalue weighted by molar-refractivity contribution is -0.167. The highest BCUT2D eigenvalue weighted by molar-refractivity contribution is 5.71. The summed E-state index contributed by atoms with van der Waals surface area (Å²) < 4.78 is 16.8. The van der Waals surface area contributed by atoms with Crippen molar-refractivity contribution in [1.29, 1.82) is 0 Å². The highest BCUT2D eigenvalue weighted by atomic mass is 16.6. The van der Waals surface area contributed by atoms with Crippen molar-refractivity contribution in [1.82, 2.24) is 0 Å². The number of ether oxygens (including phenoxy) is 3. The molecule has 0 aliphatic rings. The molecule has 0 N–H and O–H groups in total. The van der Waals surface area contributed by atoms with E-state index in [4.69, 9.17) is 14.2 Å². The summed E-state index contributed by atoms with van der Waals surface area (Å²) in [5, 5.41) is 0. The summed E-state index contributed by atoms with van der Waals surface area (Å²) in [6.45, 7) is 6.61. The third kappa shape index (κ3) is 52.3. The Hall–Kier alpha value is -2.63. The molecular weight excluding hydrogens is 817 g/mol. The zero-order valence-electron chi connectivity index (χ0n) is 44.0. The molecule has 384 valence electrons. The van der Waals surface area contributed by atoms with Crippen molar-refractivity contribution in [2.45, 2.75) is 303 Å². The number of unbranched alkanes of at least 4 members (excludes halogenated alkanes) is 33. The molecule has 0 saturated heterocycles. The largest absolute Gasteiger partial charge is 0.462 e. The van der Waals surface area contributed by atoms with E-state index in [0.717, 1.165) is 83.5 Å². The second-order valence-electron chi connectivity index (χ2n) is 19.2. The van der Waals surface area contributed by atoms with Crippen molar-refractivity contribution < 1.29 is 28.6 Å². The van der Waals surface area contributed by atoms with Crippen LogP contribution >= 0.6 is 0 Å². The van der Waals surface area contributed by atoms with Gasteiger partial charge in [-0.1, -0.05) is 223 Å². The smallest absolute Gasteiger partial charge is 0.306 e. The fourth-order valence-electron chi connectivity index (χ4n) is 8.17. The van der Waals surface area contributed by atoms with Gasteiger partial charge in [-0.05, 0) is 103 Å². The Morgan fingerprint density at radius 2 is 0.545 bits per heavy atom. The standard InChI is InChI=1S/C60H108O6/c1-4-7-10-13-16-19-22-25-27-28-29-30-31-32-33-36-38-41-44-47-50-53-59(62)65-56-57(55-64-58(61)52-49-46-43-40-37-34-24-21-18-15-12-9-6-3)66-60(63)54-51-48-45-42-39-35-26-23-20-17-14-11-8-5-2/h21-26,28-29,57H,4-20,27,30-56H2,1-3H3/b24-21-,25-22-,26-23-,29-28-. The first kappa shape index (κ1) is 63.4. The van der Waals surface area contributed by atoms with Crippen LogP contribution in [0.1, 0.15) is 297 Å². The van der Waals surface area contributed by atoms with Crippen LogP contribution in [0, 0.1) is 0 Å². The van der Waals surface area contributed by atoms with Gasteiger partial charge in [0.1, 0.15) is 13.2 Å². The topological polar surface area (TPSA) is 78.9 Å². The van der Waals surface area contributed by atoms with Gasteiger partial charge in [0.05, 0.1) is 0 Å². The van der Waals surface area contributed by atoms with Gasteiger partial charge in [0.2, 0.25) is 0 Å². The molecule has 0 radical (unpaired) electrons. The van der Waals surface area contributed by atoms with Gasteiger partial charge in [-0.3, -0.25) is 14.4 Å². The lowest BCUT2D eigenvalue weighted by atomic mass is 10.1. The third-order valence-corrected chi connectivity index (χ3v) is 12.5. The number of hydrogen-bond acceptors (Lipinski definition) is 6. The van der Waals surface area contributed by atoms with Crippen molar-refractivity contribution in [3.63, 3.8) is 0 Å². The van der Waals surface area contributed by atoms with E-state index in [0.29, 0.717) is 19.3 Å². The number of allylic oxidation sites excluding steroid dienone is 8. The molecule has 0 amide bonds. The molecule has 6 nitrogen and oxygen atoms in total. The fraction of sp³-hybridized carbons (Fsp3) is 0.817. The highest BCUT2D eigenvalue weighted by Gasteiger charge is 2.19. The van der Waals surface area contributed by atoms with Crippen molar-refractivity contribution in [2.75, 3.05) is 13.2 Å². The average molecular weight is 926 g/mol. The van der Waals surface area contributed by atoms with Crippen LogP contribution in [0.4, 0.5) is 0 Å². The molecular formula is C60H108O6. The summed E-state index contributed by atoms with van der Waals surface area (Å²) in [5.41, 5.74) is 0. The van der Waals surface area contributed by atoms with Gasteiger partial charge >= 0.3 is 17.9 Å². The molecule has 0 rings (SSSR count). The van der Waals surface area contributed by atoms with E-state index in [1.54, 1.807) is 0 Å². The lowest BCUT2D eigenvalue weighted by Crippen LogP contribution is -2.30. The number of carbonyl (C=O) groups is 3. The Morgan fingerprint density at radius 1 is 0.303 bits per heavy atom. The molecule has 0 spiro atoms. The van der Waals surface area contributed by atoms with Crippen molar-refractivity contribution >= 4 is 17.9 Å². The van der Waals surface area contributed by atoms with Gasteiger partial charge in [-0.25, -0.2) is 0 Å². The van der Waals surface area contributed by atoms with Crippen LogP contribution in [0.2, 0.25) is 0 Å². The molecule has 0 bridgehead atoms. The molecule has 6 heteroatoms. The van der Waals surface area contributed by atoms with Crippen LogP contribution in [0.3, 0.4) is 0 Å². The Kier molecular flexibility index (Phi) is 52.8. The molecule has 0 aromatic rings. The zero-order chi connectivity index (χ0) is 47.9. The molecule has 0 aliphatic heterocycles. The first-order valence-corrected chi connectivity index (χ1v) is 28.6. The Labute approximate surface area is 409 Å². The van der Waals surface area contributed by atoms with Crippen LogP contribution in [0.15, 0.2) is 48.6 Å². The molecule has 1 atom stereocenters. The summed E-state index contributed by atoms with van der Waals surface area (Å²) in [5.74, 6) is -0.890. The Bertz CT molecular complexity index is 1150. The van der Waals surface area contributed by atoms with E-state index in [-0.39, 0.29) is 31.1 Å². The second kappa shape index (κ2) is 55.0. The summed E-state index contributed by atoms with van der Waals surface area (Å²) in [6, 6.07) is 0. The fourth-order valence-corrected chi connectivity index (χ4v) is 8.17. The summed E-state index contributed by atoms with van der Waals surface area (Å²) in [7, 11) is 0. The van der Waals surface area contributed by atoms with Crippen LogP contribution < -0.4 is 0 Å². The molecule has 0 saturated carbocycles. The second-order valence-corrected chi connectivity index (χ2v) is 19.2. The van der Waals surface area contributed by atoms with Crippen molar-refractivity contribution in [3.05, 3.63) is 48.6 Å². The van der Waals surface area contributed by atoms with Crippen LogP contribution in [-0.4, -0.2) is 37.2 Å². The maximum Gasteiger partial charge on any atom is 0.306 e. The SMILES string of the molecule is CCCCCC/C=C\CCCCCCCC(=O)OCC(COC(=O)CCCCCCCCCCC/C=C\C/C=C\CCCCCCC)OC(=O)CCCCCCC/C=C\CCCCCCC. The van der Waals surface area contributed by atoms with E-state index < -0.39 is 6.10 Å². The Morgan fingerprint density at radius 3 is 0.864 bits per heavy atom. The predicted molar refractivity (Wildman–Crippen MR) is 284 cm³/mol. The monoisotopic (exact) mass is 925 g/mol. The molecule has 0 aromatic carbocycles. The first-order chi connectivity index (χ1) is 32.5. The Balaban J connectivity index is 4.33. The lowest BCUT2D eigenvalue weighted by Gasteiger charge is -2.18. The molecule has 0 aliphatic carbocycles. The highest BCUT2D eigenvalue weighted by Crippen LogP contribution is 2.15.